The van der Waals surface area contributed by atoms with Crippen LogP contribution in [0, 0.1) is 5.92 Å². The fraction of sp³-hybridized carbons (Fsp3) is 0.692. The molecule has 0 bridgehead atoms. The first-order chi connectivity index (χ1) is 7.63. The molecule has 92 valence electrons. The van der Waals surface area contributed by atoms with Crippen LogP contribution in [0.4, 0.5) is 0 Å². The normalized spacial score (nSPS) is 13.3. The summed E-state index contributed by atoms with van der Waals surface area (Å²) in [6.45, 7) is 7.90. The standard InChI is InChI=1S/C13H22ClNS/c1-4-9-15-12(10(2)3)7-5-11-6-8-13(14)16-11/h6,8,10,12,15H,4-5,7,9H2,1-3H3. The van der Waals surface area contributed by atoms with Crippen molar-refractivity contribution in [3.05, 3.63) is 21.3 Å². The monoisotopic (exact) mass is 259 g/mol. The van der Waals surface area contributed by atoms with Crippen LogP contribution >= 0.6 is 22.9 Å². The fourth-order valence-electron chi connectivity index (χ4n) is 1.78. The summed E-state index contributed by atoms with van der Waals surface area (Å²) >= 11 is 7.63. The van der Waals surface area contributed by atoms with Gasteiger partial charge in [-0.3, -0.25) is 0 Å². The second-order valence-corrected chi connectivity index (χ2v) is 6.35. The average Bonchev–Trinajstić information content (AvgIpc) is 2.64. The fourth-order valence-corrected chi connectivity index (χ4v) is 2.89. The molecule has 0 amide bonds. The van der Waals surface area contributed by atoms with E-state index >= 15 is 0 Å². The van der Waals surface area contributed by atoms with Crippen LogP contribution in [0.5, 0.6) is 0 Å². The Morgan fingerprint density at radius 3 is 2.62 bits per heavy atom. The number of hydrogen-bond acceptors (Lipinski definition) is 2. The number of rotatable bonds is 7. The number of aryl methyl sites for hydroxylation is 1. The molecule has 0 aliphatic rings. The summed E-state index contributed by atoms with van der Waals surface area (Å²) in [6.07, 6.45) is 3.54. The smallest absolute Gasteiger partial charge is 0.0931 e. The Hall–Kier alpha value is -0.0500. The van der Waals surface area contributed by atoms with Crippen LogP contribution in [-0.2, 0) is 6.42 Å². The summed E-state index contributed by atoms with van der Waals surface area (Å²) in [5, 5.41) is 3.62. The molecule has 1 rings (SSSR count). The third-order valence-electron chi connectivity index (χ3n) is 2.79. The van der Waals surface area contributed by atoms with Crippen LogP contribution in [0.1, 0.15) is 38.5 Å². The van der Waals surface area contributed by atoms with Crippen molar-refractivity contribution in [1.29, 1.82) is 0 Å². The first-order valence-electron chi connectivity index (χ1n) is 6.11. The third-order valence-corrected chi connectivity index (χ3v) is 4.08. The van der Waals surface area contributed by atoms with Gasteiger partial charge in [0.1, 0.15) is 0 Å². The molecule has 1 aromatic rings. The van der Waals surface area contributed by atoms with Gasteiger partial charge in [-0.2, -0.15) is 0 Å². The number of halogens is 1. The van der Waals surface area contributed by atoms with E-state index < -0.39 is 0 Å². The second kappa shape index (κ2) is 7.31. The van der Waals surface area contributed by atoms with Gasteiger partial charge in [-0.1, -0.05) is 32.4 Å². The van der Waals surface area contributed by atoms with Crippen molar-refractivity contribution in [2.24, 2.45) is 5.92 Å². The Balaban J connectivity index is 2.37. The summed E-state index contributed by atoms with van der Waals surface area (Å²) in [5.41, 5.74) is 0. The van der Waals surface area contributed by atoms with Gasteiger partial charge in [-0.25, -0.2) is 0 Å². The average molecular weight is 260 g/mol. The molecule has 0 radical (unpaired) electrons. The van der Waals surface area contributed by atoms with Gasteiger partial charge in [0.25, 0.3) is 0 Å². The van der Waals surface area contributed by atoms with E-state index in [-0.39, 0.29) is 0 Å². The van der Waals surface area contributed by atoms with E-state index in [1.165, 1.54) is 17.7 Å². The Morgan fingerprint density at radius 2 is 2.12 bits per heavy atom. The van der Waals surface area contributed by atoms with Crippen LogP contribution in [0.25, 0.3) is 0 Å². The van der Waals surface area contributed by atoms with Gasteiger partial charge in [0.05, 0.1) is 4.34 Å². The molecule has 0 fully saturated rings. The molecule has 1 unspecified atom stereocenters. The molecule has 0 aliphatic heterocycles. The lowest BCUT2D eigenvalue weighted by Crippen LogP contribution is -2.34. The van der Waals surface area contributed by atoms with Crippen LogP contribution in [-0.4, -0.2) is 12.6 Å². The molecule has 3 heteroatoms. The highest BCUT2D eigenvalue weighted by Crippen LogP contribution is 2.23. The van der Waals surface area contributed by atoms with Gasteiger partial charge in [-0.05, 0) is 43.9 Å². The van der Waals surface area contributed by atoms with E-state index in [2.05, 4.69) is 32.2 Å². The molecule has 0 spiro atoms. The molecule has 16 heavy (non-hydrogen) atoms. The molecule has 0 saturated carbocycles. The maximum Gasteiger partial charge on any atom is 0.0931 e. The third kappa shape index (κ3) is 4.86. The molecule has 1 heterocycles. The largest absolute Gasteiger partial charge is 0.314 e. The zero-order valence-corrected chi connectivity index (χ0v) is 12.0. The van der Waals surface area contributed by atoms with Crippen LogP contribution < -0.4 is 5.32 Å². The molecule has 0 saturated heterocycles. The quantitative estimate of drug-likeness (QED) is 0.767. The first-order valence-corrected chi connectivity index (χ1v) is 7.30. The molecule has 1 aromatic heterocycles. The Kier molecular flexibility index (Phi) is 6.40. The van der Waals surface area contributed by atoms with Crippen molar-refractivity contribution in [3.8, 4) is 0 Å². The van der Waals surface area contributed by atoms with E-state index in [9.17, 15) is 0 Å². The highest BCUT2D eigenvalue weighted by atomic mass is 35.5. The summed E-state index contributed by atoms with van der Waals surface area (Å²) in [6, 6.07) is 4.76. The molecule has 1 nitrogen and oxygen atoms in total. The zero-order chi connectivity index (χ0) is 12.0. The minimum Gasteiger partial charge on any atom is -0.314 e. The van der Waals surface area contributed by atoms with Crippen molar-refractivity contribution in [3.63, 3.8) is 0 Å². The lowest BCUT2D eigenvalue weighted by molar-refractivity contribution is 0.379. The van der Waals surface area contributed by atoms with Crippen molar-refractivity contribution in [2.45, 2.75) is 46.1 Å². The summed E-state index contributed by atoms with van der Waals surface area (Å²) in [7, 11) is 0. The molecule has 1 atom stereocenters. The van der Waals surface area contributed by atoms with E-state index in [0.29, 0.717) is 12.0 Å². The first kappa shape index (κ1) is 14.0. The minimum absolute atomic E-state index is 0.626. The molecular formula is C13H22ClNS. The molecular weight excluding hydrogens is 238 g/mol. The maximum atomic E-state index is 5.92. The van der Waals surface area contributed by atoms with E-state index in [1.54, 1.807) is 11.3 Å². The number of nitrogens with one attached hydrogen (secondary N) is 1. The van der Waals surface area contributed by atoms with Gasteiger partial charge < -0.3 is 5.32 Å². The predicted molar refractivity (Wildman–Crippen MR) is 74.6 cm³/mol. The van der Waals surface area contributed by atoms with E-state index in [0.717, 1.165) is 17.3 Å². The van der Waals surface area contributed by atoms with Crippen LogP contribution in [0.15, 0.2) is 12.1 Å². The van der Waals surface area contributed by atoms with Crippen molar-refractivity contribution < 1.29 is 0 Å². The van der Waals surface area contributed by atoms with Gasteiger partial charge in [0.2, 0.25) is 0 Å². The highest BCUT2D eigenvalue weighted by molar-refractivity contribution is 7.16. The zero-order valence-electron chi connectivity index (χ0n) is 10.4. The number of hydrogen-bond donors (Lipinski definition) is 1. The molecule has 0 aromatic carbocycles. The van der Waals surface area contributed by atoms with Crippen molar-refractivity contribution in [2.75, 3.05) is 6.54 Å². The summed E-state index contributed by atoms with van der Waals surface area (Å²) in [5.74, 6) is 0.696. The summed E-state index contributed by atoms with van der Waals surface area (Å²) < 4.78 is 0.901. The van der Waals surface area contributed by atoms with Gasteiger partial charge in [-0.15, -0.1) is 11.3 Å². The maximum absolute atomic E-state index is 5.92. The topological polar surface area (TPSA) is 12.0 Å². The Labute approximate surface area is 108 Å². The van der Waals surface area contributed by atoms with Crippen molar-refractivity contribution in [1.82, 2.24) is 5.32 Å². The Bertz CT molecular complexity index is 296. The van der Waals surface area contributed by atoms with E-state index in [1.807, 2.05) is 6.07 Å². The van der Waals surface area contributed by atoms with Crippen molar-refractivity contribution >= 4 is 22.9 Å². The van der Waals surface area contributed by atoms with Gasteiger partial charge in [0, 0.05) is 10.9 Å². The highest BCUT2D eigenvalue weighted by Gasteiger charge is 2.12. The van der Waals surface area contributed by atoms with Gasteiger partial charge in [0.15, 0.2) is 0 Å². The lowest BCUT2D eigenvalue weighted by atomic mass is 9.99. The van der Waals surface area contributed by atoms with E-state index in [4.69, 9.17) is 11.6 Å². The number of thiophene rings is 1. The van der Waals surface area contributed by atoms with Gasteiger partial charge >= 0.3 is 0 Å². The summed E-state index contributed by atoms with van der Waals surface area (Å²) in [4.78, 5) is 1.40. The predicted octanol–water partition coefficient (Wildman–Crippen LogP) is 4.36. The molecule has 0 aliphatic carbocycles. The van der Waals surface area contributed by atoms with Crippen LogP contribution in [0.2, 0.25) is 4.34 Å². The minimum atomic E-state index is 0.626. The molecule has 1 N–H and O–H groups in total. The SMILES string of the molecule is CCCNC(CCc1ccc(Cl)s1)C(C)C. The Morgan fingerprint density at radius 1 is 1.38 bits per heavy atom. The second-order valence-electron chi connectivity index (χ2n) is 4.55. The van der Waals surface area contributed by atoms with Crippen LogP contribution in [0.3, 0.4) is 0 Å². The lowest BCUT2D eigenvalue weighted by Gasteiger charge is -2.21.